The number of amides is 3. The second kappa shape index (κ2) is 10.2. The number of benzene rings is 2. The number of cyclic esters (lactones) is 1. The quantitative estimate of drug-likeness (QED) is 0.250. The zero-order valence-electron chi connectivity index (χ0n) is 17.5. The number of carbonyl (C=O) groups excluding carboxylic acids is 2. The van der Waals surface area contributed by atoms with Gasteiger partial charge in [-0.05, 0) is 36.4 Å². The van der Waals surface area contributed by atoms with Crippen molar-refractivity contribution in [1.29, 1.82) is 0 Å². The van der Waals surface area contributed by atoms with E-state index in [1.165, 1.54) is 23.5 Å². The molecule has 1 heterocycles. The van der Waals surface area contributed by atoms with Crippen molar-refractivity contribution in [1.82, 2.24) is 10.7 Å². The fourth-order valence-corrected chi connectivity index (χ4v) is 3.89. The van der Waals surface area contributed by atoms with E-state index in [-0.39, 0.29) is 26.3 Å². The molecule has 1 aliphatic heterocycles. The van der Waals surface area contributed by atoms with Crippen molar-refractivity contribution in [2.45, 2.75) is 18.0 Å². The number of halogens is 9. The van der Waals surface area contributed by atoms with Crippen molar-refractivity contribution in [3.05, 3.63) is 62.6 Å². The molecule has 1 aliphatic rings. The minimum atomic E-state index is -5.04. The Morgan fingerprint density at radius 3 is 2.28 bits per heavy atom. The van der Waals surface area contributed by atoms with Crippen molar-refractivity contribution >= 4 is 58.8 Å². The van der Waals surface area contributed by atoms with Crippen LogP contribution in [-0.4, -0.2) is 43.8 Å². The van der Waals surface area contributed by atoms with E-state index in [1.807, 2.05) is 0 Å². The van der Waals surface area contributed by atoms with Crippen molar-refractivity contribution in [2.75, 3.05) is 18.0 Å². The number of hydrogen-bond acceptors (Lipinski definition) is 4. The number of alkyl halides is 6. The lowest BCUT2D eigenvalue weighted by Gasteiger charge is -2.30. The van der Waals surface area contributed by atoms with Gasteiger partial charge in [-0.3, -0.25) is 4.90 Å². The van der Waals surface area contributed by atoms with Gasteiger partial charge in [0.2, 0.25) is 0 Å². The molecule has 2 N–H and O–H groups in total. The molecule has 36 heavy (non-hydrogen) atoms. The number of urea groups is 1. The Hall–Kier alpha value is -2.90. The summed E-state index contributed by atoms with van der Waals surface area (Å²) in [7, 11) is 0. The highest BCUT2D eigenvalue weighted by Gasteiger charge is 2.65. The maximum Gasteiger partial charge on any atom is 0.434 e. The number of nitrogens with zero attached hydrogens (tertiary/aromatic N) is 2. The summed E-state index contributed by atoms with van der Waals surface area (Å²) in [5.74, 6) is 0. The number of anilines is 1. The van der Waals surface area contributed by atoms with E-state index in [1.54, 1.807) is 5.43 Å². The predicted octanol–water partition coefficient (Wildman–Crippen LogP) is 6.26. The van der Waals surface area contributed by atoms with Crippen LogP contribution in [0, 0.1) is 0 Å². The highest BCUT2D eigenvalue weighted by atomic mass is 35.5. The van der Waals surface area contributed by atoms with Gasteiger partial charge in [-0.1, -0.05) is 34.8 Å². The zero-order valence-corrected chi connectivity index (χ0v) is 19.7. The van der Waals surface area contributed by atoms with E-state index >= 15 is 0 Å². The van der Waals surface area contributed by atoms with Gasteiger partial charge in [-0.2, -0.15) is 31.4 Å². The summed E-state index contributed by atoms with van der Waals surface area (Å²) in [6, 6.07) is 5.60. The van der Waals surface area contributed by atoms with Gasteiger partial charge in [-0.15, -0.1) is 0 Å². The number of hydrazone groups is 1. The Morgan fingerprint density at radius 2 is 1.72 bits per heavy atom. The lowest BCUT2D eigenvalue weighted by Crippen LogP contribution is -2.46. The third kappa shape index (κ3) is 6.26. The third-order valence-corrected chi connectivity index (χ3v) is 5.53. The molecule has 2 aromatic carbocycles. The first-order valence-electron chi connectivity index (χ1n) is 9.58. The first-order valence-corrected chi connectivity index (χ1v) is 10.7. The average molecular weight is 578 g/mol. The van der Waals surface area contributed by atoms with Crippen LogP contribution in [0.1, 0.15) is 11.1 Å². The Morgan fingerprint density at radius 1 is 1.08 bits per heavy atom. The van der Waals surface area contributed by atoms with Gasteiger partial charge in [0.15, 0.2) is 0 Å². The van der Waals surface area contributed by atoms with Crippen molar-refractivity contribution in [2.24, 2.45) is 5.10 Å². The Kier molecular flexibility index (Phi) is 7.86. The molecule has 7 nitrogen and oxygen atoms in total. The van der Waals surface area contributed by atoms with Crippen LogP contribution in [0.2, 0.25) is 15.1 Å². The summed E-state index contributed by atoms with van der Waals surface area (Å²) >= 11 is 17.8. The van der Waals surface area contributed by atoms with E-state index in [2.05, 4.69) is 5.10 Å². The van der Waals surface area contributed by atoms with Crippen LogP contribution < -0.4 is 15.6 Å². The average Bonchev–Trinajstić information content (AvgIpc) is 3.11. The fourth-order valence-electron chi connectivity index (χ4n) is 3.14. The maximum atomic E-state index is 14.2. The second-order valence-electron chi connectivity index (χ2n) is 7.31. The van der Waals surface area contributed by atoms with Crippen molar-refractivity contribution in [3.63, 3.8) is 0 Å². The van der Waals surface area contributed by atoms with Crippen LogP contribution in [0.5, 0.6) is 0 Å². The molecule has 0 aromatic heterocycles. The maximum absolute atomic E-state index is 14.2. The van der Waals surface area contributed by atoms with Gasteiger partial charge in [0.25, 0.3) is 5.60 Å². The number of carbonyl (C=O) groups is 2. The molecule has 1 atom stereocenters. The molecule has 0 saturated carbocycles. The van der Waals surface area contributed by atoms with Crippen LogP contribution in [0.25, 0.3) is 0 Å². The lowest BCUT2D eigenvalue weighted by molar-refractivity contribution is -0.250. The molecule has 3 amide bonds. The molecular weight excluding hydrogens is 565 g/mol. The Labute approximate surface area is 213 Å². The molecule has 3 rings (SSSR count). The Balaban J connectivity index is 1.80. The van der Waals surface area contributed by atoms with Crippen LogP contribution in [0.4, 0.5) is 41.6 Å². The summed E-state index contributed by atoms with van der Waals surface area (Å²) in [5.41, 5.74) is -1.68. The van der Waals surface area contributed by atoms with Gasteiger partial charge >= 0.3 is 24.5 Å². The smallest absolute Gasteiger partial charge is 0.426 e. The number of ether oxygens (including phenoxy) is 1. The highest BCUT2D eigenvalue weighted by Crippen LogP contribution is 2.48. The monoisotopic (exact) mass is 576 g/mol. The summed E-state index contributed by atoms with van der Waals surface area (Å²) < 4.78 is 83.6. The molecule has 0 spiro atoms. The topological polar surface area (TPSA) is 83.0 Å². The SMILES string of the molecule is O=C(NCC(F)(F)F)N/N=C\c1ccc(N2CC(c3cc(Cl)cc(Cl)c3)(C(F)(F)F)OC2=O)cc1Cl. The van der Waals surface area contributed by atoms with Gasteiger partial charge < -0.3 is 10.1 Å². The van der Waals surface area contributed by atoms with Crippen molar-refractivity contribution in [3.8, 4) is 0 Å². The molecule has 0 radical (unpaired) electrons. The minimum absolute atomic E-state index is 0.0581. The first-order chi connectivity index (χ1) is 16.6. The second-order valence-corrected chi connectivity index (χ2v) is 8.59. The highest BCUT2D eigenvalue weighted by molar-refractivity contribution is 6.34. The van der Waals surface area contributed by atoms with E-state index in [0.717, 1.165) is 24.4 Å². The third-order valence-electron chi connectivity index (χ3n) is 4.76. The number of rotatable bonds is 5. The molecular formula is C20H13Cl3F6N4O3. The molecule has 16 heteroatoms. The van der Waals surface area contributed by atoms with Gasteiger partial charge in [-0.25, -0.2) is 15.0 Å². The van der Waals surface area contributed by atoms with Gasteiger partial charge in [0, 0.05) is 26.9 Å². The van der Waals surface area contributed by atoms with Crippen LogP contribution in [0.3, 0.4) is 0 Å². The summed E-state index contributed by atoms with van der Waals surface area (Å²) in [6.45, 7) is -2.55. The minimum Gasteiger partial charge on any atom is -0.426 e. The van der Waals surface area contributed by atoms with E-state index in [9.17, 15) is 35.9 Å². The van der Waals surface area contributed by atoms with Gasteiger partial charge in [0.1, 0.15) is 6.54 Å². The summed E-state index contributed by atoms with van der Waals surface area (Å²) in [5, 5.41) is 4.68. The molecule has 1 saturated heterocycles. The summed E-state index contributed by atoms with van der Waals surface area (Å²) in [4.78, 5) is 24.5. The summed E-state index contributed by atoms with van der Waals surface area (Å²) in [6.07, 6.45) is -9.99. The molecule has 1 fully saturated rings. The van der Waals surface area contributed by atoms with Crippen LogP contribution >= 0.6 is 34.8 Å². The normalized spacial score (nSPS) is 18.5. The largest absolute Gasteiger partial charge is 0.434 e. The van der Waals surface area contributed by atoms with Crippen LogP contribution in [-0.2, 0) is 10.3 Å². The molecule has 194 valence electrons. The van der Waals surface area contributed by atoms with E-state index in [4.69, 9.17) is 39.5 Å². The Bertz CT molecular complexity index is 1190. The first kappa shape index (κ1) is 27.7. The van der Waals surface area contributed by atoms with E-state index in [0.29, 0.717) is 4.90 Å². The van der Waals surface area contributed by atoms with E-state index < -0.39 is 48.7 Å². The lowest BCUT2D eigenvalue weighted by atomic mass is 9.92. The molecule has 0 aliphatic carbocycles. The molecule has 2 aromatic rings. The fraction of sp³-hybridized carbons (Fsp3) is 0.250. The van der Waals surface area contributed by atoms with Crippen molar-refractivity contribution < 1.29 is 40.7 Å². The number of nitrogens with one attached hydrogen (secondary N) is 2. The van der Waals surface area contributed by atoms with Crippen LogP contribution in [0.15, 0.2) is 41.5 Å². The predicted molar refractivity (Wildman–Crippen MR) is 120 cm³/mol. The van der Waals surface area contributed by atoms with Gasteiger partial charge in [0.05, 0.1) is 17.8 Å². The molecule has 1 unspecified atom stereocenters. The zero-order chi connectivity index (χ0) is 26.9. The standard InChI is InChI=1S/C20H13Cl3F6N4O3/c21-12-3-11(4-13(22)5-12)18(20(27,28)29)9-33(17(35)36-18)14-2-1-10(15(23)6-14)7-31-32-16(34)30-8-19(24,25)26/h1-7H,8-9H2,(H2,30,32,34)/b31-7-. The molecule has 0 bridgehead atoms. The number of hydrogen-bond donors (Lipinski definition) is 2.